The third-order valence-electron chi connectivity index (χ3n) is 2.92. The first-order chi connectivity index (χ1) is 7.12. The van der Waals surface area contributed by atoms with Crippen LogP contribution in [0.15, 0.2) is 35.2 Å². The third-order valence-corrected chi connectivity index (χ3v) is 5.27. The molecule has 0 aliphatic carbocycles. The highest BCUT2D eigenvalue weighted by molar-refractivity contribution is 7.92. The van der Waals surface area contributed by atoms with Crippen LogP contribution >= 0.6 is 0 Å². The fourth-order valence-electron chi connectivity index (χ4n) is 1.99. The molecule has 0 aromatic heterocycles. The largest absolute Gasteiger partial charge is 0.315 e. The molecule has 1 saturated heterocycles. The van der Waals surface area contributed by atoms with Crippen LogP contribution in [0.2, 0.25) is 0 Å². The number of nitrogens with one attached hydrogen (secondary N) is 1. The Kier molecular flexibility index (Phi) is 2.80. The summed E-state index contributed by atoms with van der Waals surface area (Å²) in [4.78, 5) is 0.436. The lowest BCUT2D eigenvalue weighted by atomic mass is 10.1. The number of sulfone groups is 1. The van der Waals surface area contributed by atoms with E-state index in [0.717, 1.165) is 6.54 Å². The topological polar surface area (TPSA) is 46.2 Å². The molecule has 1 aromatic rings. The molecule has 1 aromatic carbocycles. The Morgan fingerprint density at radius 2 is 1.87 bits per heavy atom. The van der Waals surface area contributed by atoms with Gasteiger partial charge >= 0.3 is 0 Å². The van der Waals surface area contributed by atoms with Crippen LogP contribution in [-0.4, -0.2) is 26.8 Å². The van der Waals surface area contributed by atoms with Crippen molar-refractivity contribution in [1.29, 1.82) is 0 Å². The standard InChI is InChI=1S/C11H15NO2S/c1-9-7-12-8-11(9)15(13,14)10-5-3-2-4-6-10/h2-6,9,11-12H,7-8H2,1H3/t9-,11-/m0/s1. The van der Waals surface area contributed by atoms with Gasteiger partial charge in [-0.2, -0.15) is 0 Å². The van der Waals surface area contributed by atoms with E-state index in [9.17, 15) is 8.42 Å². The van der Waals surface area contributed by atoms with Crippen LogP contribution in [-0.2, 0) is 9.84 Å². The molecule has 1 aliphatic rings. The van der Waals surface area contributed by atoms with Crippen molar-refractivity contribution in [3.63, 3.8) is 0 Å². The maximum Gasteiger partial charge on any atom is 0.182 e. The lowest BCUT2D eigenvalue weighted by molar-refractivity contribution is 0.559. The summed E-state index contributed by atoms with van der Waals surface area (Å²) in [6.07, 6.45) is 0. The zero-order valence-electron chi connectivity index (χ0n) is 8.68. The fraction of sp³-hybridized carbons (Fsp3) is 0.455. The molecule has 15 heavy (non-hydrogen) atoms. The maximum atomic E-state index is 12.2. The van der Waals surface area contributed by atoms with Crippen LogP contribution in [0, 0.1) is 5.92 Å². The van der Waals surface area contributed by atoms with Crippen LogP contribution in [0.5, 0.6) is 0 Å². The van der Waals surface area contributed by atoms with E-state index in [4.69, 9.17) is 0 Å². The Bertz CT molecular complexity index is 427. The quantitative estimate of drug-likeness (QED) is 0.819. The molecule has 4 heteroatoms. The molecule has 2 atom stereocenters. The van der Waals surface area contributed by atoms with Crippen LogP contribution in [0.3, 0.4) is 0 Å². The van der Waals surface area contributed by atoms with Crippen molar-refractivity contribution in [2.45, 2.75) is 17.1 Å². The maximum absolute atomic E-state index is 12.2. The Labute approximate surface area is 90.4 Å². The van der Waals surface area contributed by atoms with Gasteiger partial charge in [0.15, 0.2) is 9.84 Å². The van der Waals surface area contributed by atoms with Crippen molar-refractivity contribution in [2.75, 3.05) is 13.1 Å². The van der Waals surface area contributed by atoms with Crippen molar-refractivity contribution in [1.82, 2.24) is 5.32 Å². The molecule has 0 unspecified atom stereocenters. The zero-order chi connectivity index (χ0) is 10.9. The number of hydrogen-bond acceptors (Lipinski definition) is 3. The third kappa shape index (κ3) is 1.92. The Morgan fingerprint density at radius 3 is 2.40 bits per heavy atom. The van der Waals surface area contributed by atoms with E-state index in [0.29, 0.717) is 11.4 Å². The van der Waals surface area contributed by atoms with E-state index in [1.54, 1.807) is 24.3 Å². The second-order valence-electron chi connectivity index (χ2n) is 4.03. The van der Waals surface area contributed by atoms with E-state index in [2.05, 4.69) is 5.32 Å². The second kappa shape index (κ2) is 3.94. The molecule has 1 fully saturated rings. The summed E-state index contributed by atoms with van der Waals surface area (Å²) >= 11 is 0. The average molecular weight is 225 g/mol. The highest BCUT2D eigenvalue weighted by Gasteiger charge is 2.35. The van der Waals surface area contributed by atoms with Crippen molar-refractivity contribution in [2.24, 2.45) is 5.92 Å². The SMILES string of the molecule is C[C@H]1CNC[C@@H]1S(=O)(=O)c1ccccc1. The van der Waals surface area contributed by atoms with Gasteiger partial charge in [0.1, 0.15) is 0 Å². The van der Waals surface area contributed by atoms with Crippen molar-refractivity contribution in [3.8, 4) is 0 Å². The van der Waals surface area contributed by atoms with Crippen LogP contribution in [0.1, 0.15) is 6.92 Å². The lowest BCUT2D eigenvalue weighted by Gasteiger charge is -2.14. The van der Waals surface area contributed by atoms with Gasteiger partial charge in [0.2, 0.25) is 0 Å². The Balaban J connectivity index is 2.35. The van der Waals surface area contributed by atoms with Gasteiger partial charge in [0, 0.05) is 6.54 Å². The van der Waals surface area contributed by atoms with E-state index in [-0.39, 0.29) is 11.2 Å². The van der Waals surface area contributed by atoms with E-state index >= 15 is 0 Å². The molecule has 2 rings (SSSR count). The van der Waals surface area contributed by atoms with Crippen LogP contribution in [0.4, 0.5) is 0 Å². The summed E-state index contributed by atoms with van der Waals surface area (Å²) in [6, 6.07) is 8.69. The summed E-state index contributed by atoms with van der Waals surface area (Å²) in [6.45, 7) is 3.33. The Hall–Kier alpha value is -0.870. The fourth-order valence-corrected chi connectivity index (χ4v) is 3.92. The van der Waals surface area contributed by atoms with Gasteiger partial charge in [-0.25, -0.2) is 8.42 Å². The first-order valence-electron chi connectivity index (χ1n) is 5.12. The summed E-state index contributed by atoms with van der Waals surface area (Å²) in [7, 11) is -3.15. The van der Waals surface area contributed by atoms with Crippen molar-refractivity contribution in [3.05, 3.63) is 30.3 Å². The van der Waals surface area contributed by atoms with E-state index < -0.39 is 9.84 Å². The molecular formula is C11H15NO2S. The van der Waals surface area contributed by atoms with Gasteiger partial charge in [0.05, 0.1) is 10.1 Å². The summed E-state index contributed by atoms with van der Waals surface area (Å²) in [5, 5.41) is 2.84. The summed E-state index contributed by atoms with van der Waals surface area (Å²) < 4.78 is 24.4. The Morgan fingerprint density at radius 1 is 1.20 bits per heavy atom. The molecular weight excluding hydrogens is 210 g/mol. The molecule has 1 N–H and O–H groups in total. The number of benzene rings is 1. The van der Waals surface area contributed by atoms with Crippen LogP contribution < -0.4 is 5.32 Å². The second-order valence-corrected chi connectivity index (χ2v) is 6.20. The molecule has 0 bridgehead atoms. The first-order valence-corrected chi connectivity index (χ1v) is 6.66. The van der Waals surface area contributed by atoms with Gasteiger partial charge in [-0.15, -0.1) is 0 Å². The van der Waals surface area contributed by atoms with Gasteiger partial charge in [-0.05, 0) is 24.6 Å². The summed E-state index contributed by atoms with van der Waals surface area (Å²) in [5.41, 5.74) is 0. The molecule has 1 heterocycles. The predicted octanol–water partition coefficient (Wildman–Crippen LogP) is 1.07. The van der Waals surface area contributed by atoms with Gasteiger partial charge in [0.25, 0.3) is 0 Å². The predicted molar refractivity (Wildman–Crippen MR) is 59.4 cm³/mol. The number of rotatable bonds is 2. The normalized spacial score (nSPS) is 26.7. The van der Waals surface area contributed by atoms with E-state index in [1.807, 2.05) is 13.0 Å². The minimum Gasteiger partial charge on any atom is -0.315 e. The van der Waals surface area contributed by atoms with Crippen LogP contribution in [0.25, 0.3) is 0 Å². The van der Waals surface area contributed by atoms with Crippen molar-refractivity contribution < 1.29 is 8.42 Å². The number of hydrogen-bond donors (Lipinski definition) is 1. The highest BCUT2D eigenvalue weighted by Crippen LogP contribution is 2.23. The highest BCUT2D eigenvalue weighted by atomic mass is 32.2. The molecule has 1 aliphatic heterocycles. The van der Waals surface area contributed by atoms with E-state index in [1.165, 1.54) is 0 Å². The molecule has 0 saturated carbocycles. The van der Waals surface area contributed by atoms with Gasteiger partial charge in [-0.1, -0.05) is 25.1 Å². The minimum atomic E-state index is -3.15. The van der Waals surface area contributed by atoms with Crippen molar-refractivity contribution >= 4 is 9.84 Å². The zero-order valence-corrected chi connectivity index (χ0v) is 9.50. The molecule has 0 spiro atoms. The molecule has 0 amide bonds. The molecule has 82 valence electrons. The minimum absolute atomic E-state index is 0.190. The summed E-state index contributed by atoms with van der Waals surface area (Å²) in [5.74, 6) is 0.190. The smallest absolute Gasteiger partial charge is 0.182 e. The average Bonchev–Trinajstić information content (AvgIpc) is 2.66. The monoisotopic (exact) mass is 225 g/mol. The van der Waals surface area contributed by atoms with Gasteiger partial charge < -0.3 is 5.32 Å². The molecule has 0 radical (unpaired) electrons. The first kappa shape index (κ1) is 10.6. The lowest BCUT2D eigenvalue weighted by Crippen LogP contribution is -2.28. The van der Waals surface area contributed by atoms with Gasteiger partial charge in [-0.3, -0.25) is 0 Å². The molecule has 3 nitrogen and oxygen atoms in total.